The van der Waals surface area contributed by atoms with Crippen LogP contribution >= 0.6 is 0 Å². The van der Waals surface area contributed by atoms with E-state index < -0.39 is 15.8 Å². The summed E-state index contributed by atoms with van der Waals surface area (Å²) in [5.74, 6) is 0.660. The quantitative estimate of drug-likeness (QED) is 0.924. The molecule has 2 unspecified atom stereocenters. The van der Waals surface area contributed by atoms with Gasteiger partial charge in [-0.05, 0) is 48.9 Å². The van der Waals surface area contributed by atoms with Gasteiger partial charge < -0.3 is 0 Å². The molecule has 0 spiro atoms. The van der Waals surface area contributed by atoms with Crippen molar-refractivity contribution in [3.63, 3.8) is 0 Å². The Kier molecular flexibility index (Phi) is 4.58. The summed E-state index contributed by atoms with van der Waals surface area (Å²) in [6.45, 7) is 2.69. The average molecular weight is 285 g/mol. The smallest absolute Gasteiger partial charge is 0.211 e. The van der Waals surface area contributed by atoms with Crippen LogP contribution in [0.2, 0.25) is 0 Å². The first-order chi connectivity index (χ1) is 8.97. The van der Waals surface area contributed by atoms with Crippen molar-refractivity contribution < 1.29 is 12.8 Å². The Hall–Kier alpha value is -0.940. The zero-order valence-corrected chi connectivity index (χ0v) is 11.9. The zero-order chi connectivity index (χ0) is 13.9. The fourth-order valence-corrected chi connectivity index (χ4v) is 3.79. The number of benzene rings is 1. The zero-order valence-electron chi connectivity index (χ0n) is 11.1. The SMILES string of the molecule is CC1CCCC(CNS(=O)(=O)c2ccc(F)cc2)C1. The molecule has 5 heteroatoms. The van der Waals surface area contributed by atoms with E-state index in [4.69, 9.17) is 0 Å². The predicted molar refractivity (Wildman–Crippen MR) is 72.7 cm³/mol. The normalized spacial score (nSPS) is 24.3. The van der Waals surface area contributed by atoms with E-state index in [1.807, 2.05) is 0 Å². The summed E-state index contributed by atoms with van der Waals surface area (Å²) in [7, 11) is -3.51. The minimum Gasteiger partial charge on any atom is -0.211 e. The highest BCUT2D eigenvalue weighted by atomic mass is 32.2. The molecule has 1 aliphatic carbocycles. The number of hydrogen-bond donors (Lipinski definition) is 1. The molecule has 1 N–H and O–H groups in total. The summed E-state index contributed by atoms with van der Waals surface area (Å²) in [5.41, 5.74) is 0. The van der Waals surface area contributed by atoms with E-state index in [1.165, 1.54) is 25.0 Å². The number of nitrogens with one attached hydrogen (secondary N) is 1. The highest BCUT2D eigenvalue weighted by molar-refractivity contribution is 7.89. The van der Waals surface area contributed by atoms with Gasteiger partial charge >= 0.3 is 0 Å². The number of hydrogen-bond acceptors (Lipinski definition) is 2. The van der Waals surface area contributed by atoms with Gasteiger partial charge in [0.15, 0.2) is 0 Å². The summed E-state index contributed by atoms with van der Waals surface area (Å²) in [6.07, 6.45) is 4.56. The van der Waals surface area contributed by atoms with Crippen molar-refractivity contribution in [2.45, 2.75) is 37.5 Å². The fraction of sp³-hybridized carbons (Fsp3) is 0.571. The molecule has 0 heterocycles. The fourth-order valence-electron chi connectivity index (χ4n) is 2.67. The first kappa shape index (κ1) is 14.5. The molecule has 1 aromatic carbocycles. The summed E-state index contributed by atoms with van der Waals surface area (Å²) in [4.78, 5) is 0.123. The molecule has 3 nitrogen and oxygen atoms in total. The molecule has 1 saturated carbocycles. The van der Waals surface area contributed by atoms with Gasteiger partial charge in [-0.15, -0.1) is 0 Å². The second-order valence-electron chi connectivity index (χ2n) is 5.44. The average Bonchev–Trinajstić information content (AvgIpc) is 2.37. The van der Waals surface area contributed by atoms with Crippen molar-refractivity contribution >= 4 is 10.0 Å². The number of sulfonamides is 1. The lowest BCUT2D eigenvalue weighted by molar-refractivity contribution is 0.283. The van der Waals surface area contributed by atoms with Crippen molar-refractivity contribution in [1.29, 1.82) is 0 Å². The van der Waals surface area contributed by atoms with Crippen LogP contribution in [0.25, 0.3) is 0 Å². The van der Waals surface area contributed by atoms with E-state index in [0.29, 0.717) is 18.4 Å². The van der Waals surface area contributed by atoms with Gasteiger partial charge in [-0.3, -0.25) is 0 Å². The highest BCUT2D eigenvalue weighted by Crippen LogP contribution is 2.28. The highest BCUT2D eigenvalue weighted by Gasteiger charge is 2.21. The van der Waals surface area contributed by atoms with Crippen LogP contribution in [0.4, 0.5) is 4.39 Å². The van der Waals surface area contributed by atoms with E-state index >= 15 is 0 Å². The second kappa shape index (κ2) is 6.01. The molecular formula is C14H20FNO2S. The molecule has 1 aliphatic rings. The lowest BCUT2D eigenvalue weighted by Crippen LogP contribution is -2.31. The van der Waals surface area contributed by atoms with Crippen LogP contribution < -0.4 is 4.72 Å². The van der Waals surface area contributed by atoms with Crippen LogP contribution in [0.5, 0.6) is 0 Å². The number of halogens is 1. The largest absolute Gasteiger partial charge is 0.240 e. The molecular weight excluding hydrogens is 265 g/mol. The second-order valence-corrected chi connectivity index (χ2v) is 7.21. The summed E-state index contributed by atoms with van der Waals surface area (Å²) in [5, 5.41) is 0. The lowest BCUT2D eigenvalue weighted by atomic mass is 9.83. The molecule has 0 aliphatic heterocycles. The minimum atomic E-state index is -3.51. The van der Waals surface area contributed by atoms with E-state index in [2.05, 4.69) is 11.6 Å². The van der Waals surface area contributed by atoms with Crippen LogP contribution in [0.15, 0.2) is 29.2 Å². The van der Waals surface area contributed by atoms with Crippen molar-refractivity contribution in [1.82, 2.24) is 4.72 Å². The van der Waals surface area contributed by atoms with Crippen LogP contribution in [0.1, 0.15) is 32.6 Å². The first-order valence-corrected chi connectivity index (χ1v) is 8.21. The molecule has 0 bridgehead atoms. The molecule has 0 saturated heterocycles. The molecule has 0 amide bonds. The summed E-state index contributed by atoms with van der Waals surface area (Å²) in [6, 6.07) is 4.91. The summed E-state index contributed by atoms with van der Waals surface area (Å²) >= 11 is 0. The Bertz CT molecular complexity index is 513. The van der Waals surface area contributed by atoms with Crippen LogP contribution in [0, 0.1) is 17.7 Å². The van der Waals surface area contributed by atoms with Gasteiger partial charge in [-0.2, -0.15) is 0 Å². The lowest BCUT2D eigenvalue weighted by Gasteiger charge is -2.26. The standard InChI is InChI=1S/C14H20FNO2S/c1-11-3-2-4-12(9-11)10-16-19(17,18)14-7-5-13(15)6-8-14/h5-8,11-12,16H,2-4,9-10H2,1H3. The molecule has 1 fully saturated rings. The Morgan fingerprint density at radius 1 is 1.26 bits per heavy atom. The summed E-state index contributed by atoms with van der Waals surface area (Å²) < 4.78 is 39.5. The van der Waals surface area contributed by atoms with Gasteiger partial charge in [0.25, 0.3) is 0 Å². The van der Waals surface area contributed by atoms with Gasteiger partial charge in [-0.1, -0.05) is 19.8 Å². The van der Waals surface area contributed by atoms with E-state index in [1.54, 1.807) is 0 Å². The van der Waals surface area contributed by atoms with E-state index in [-0.39, 0.29) is 4.90 Å². The third kappa shape index (κ3) is 4.01. The molecule has 2 atom stereocenters. The van der Waals surface area contributed by atoms with E-state index in [9.17, 15) is 12.8 Å². The predicted octanol–water partition coefficient (Wildman–Crippen LogP) is 2.93. The maximum atomic E-state index is 12.8. The first-order valence-electron chi connectivity index (χ1n) is 6.72. The Balaban J connectivity index is 1.96. The van der Waals surface area contributed by atoms with Crippen molar-refractivity contribution in [2.75, 3.05) is 6.54 Å². The van der Waals surface area contributed by atoms with Gasteiger partial charge in [-0.25, -0.2) is 17.5 Å². The third-order valence-corrected chi connectivity index (χ3v) is 5.17. The molecule has 0 aromatic heterocycles. The van der Waals surface area contributed by atoms with Crippen molar-refractivity contribution in [3.8, 4) is 0 Å². The monoisotopic (exact) mass is 285 g/mol. The van der Waals surface area contributed by atoms with Crippen LogP contribution in [-0.2, 0) is 10.0 Å². The van der Waals surface area contributed by atoms with Crippen molar-refractivity contribution in [3.05, 3.63) is 30.1 Å². The molecule has 2 rings (SSSR count). The van der Waals surface area contributed by atoms with Gasteiger partial charge in [0.1, 0.15) is 5.82 Å². The van der Waals surface area contributed by atoms with Crippen molar-refractivity contribution in [2.24, 2.45) is 11.8 Å². The Labute approximate surface area is 114 Å². The third-order valence-electron chi connectivity index (χ3n) is 3.73. The van der Waals surface area contributed by atoms with Gasteiger partial charge in [0.05, 0.1) is 4.90 Å². The molecule has 1 aromatic rings. The minimum absolute atomic E-state index is 0.123. The maximum Gasteiger partial charge on any atom is 0.240 e. The molecule has 106 valence electrons. The topological polar surface area (TPSA) is 46.2 Å². The van der Waals surface area contributed by atoms with E-state index in [0.717, 1.165) is 25.0 Å². The van der Waals surface area contributed by atoms with Crippen LogP contribution in [0.3, 0.4) is 0 Å². The Morgan fingerprint density at radius 2 is 1.95 bits per heavy atom. The van der Waals surface area contributed by atoms with Gasteiger partial charge in [0.2, 0.25) is 10.0 Å². The molecule has 19 heavy (non-hydrogen) atoms. The van der Waals surface area contributed by atoms with Crippen LogP contribution in [-0.4, -0.2) is 15.0 Å². The Morgan fingerprint density at radius 3 is 2.58 bits per heavy atom. The molecule has 0 radical (unpaired) electrons. The number of rotatable bonds is 4. The van der Waals surface area contributed by atoms with Gasteiger partial charge in [0, 0.05) is 6.54 Å². The maximum absolute atomic E-state index is 12.8.